The van der Waals surface area contributed by atoms with E-state index in [1.54, 1.807) is 0 Å². The zero-order chi connectivity index (χ0) is 19.5. The molecule has 0 bridgehead atoms. The number of hydrogen-bond donors (Lipinski definition) is 0. The molecule has 28 heavy (non-hydrogen) atoms. The summed E-state index contributed by atoms with van der Waals surface area (Å²) in [6.07, 6.45) is 2.81. The molecule has 2 nitrogen and oxygen atoms in total. The van der Waals surface area contributed by atoms with Gasteiger partial charge in [0.1, 0.15) is 0 Å². The minimum absolute atomic E-state index is 0.0685. The van der Waals surface area contributed by atoms with Crippen LogP contribution in [0.1, 0.15) is 36.4 Å². The third-order valence-electron chi connectivity index (χ3n) is 5.25. The fraction of sp³-hybridized carbons (Fsp3) is 0.160. The lowest BCUT2D eigenvalue weighted by Crippen LogP contribution is -2.29. The summed E-state index contributed by atoms with van der Waals surface area (Å²) in [4.78, 5) is 15.2. The van der Waals surface area contributed by atoms with Crippen LogP contribution < -0.4 is 4.90 Å². The highest BCUT2D eigenvalue weighted by molar-refractivity contribution is 6.30. The molecule has 1 aliphatic heterocycles. The van der Waals surface area contributed by atoms with Crippen molar-refractivity contribution in [3.63, 3.8) is 0 Å². The van der Waals surface area contributed by atoms with Crippen LogP contribution in [0.3, 0.4) is 0 Å². The molecule has 0 unspecified atom stereocenters. The summed E-state index contributed by atoms with van der Waals surface area (Å²) in [5.74, 6) is 0.339. The highest BCUT2D eigenvalue weighted by atomic mass is 35.5. The normalized spacial score (nSPS) is 17.5. The molecule has 3 aromatic carbocycles. The first kappa shape index (κ1) is 18.5. The number of carbonyl (C=O) groups is 1. The number of hydrogen-bond acceptors (Lipinski definition) is 1. The first-order valence-electron chi connectivity index (χ1n) is 9.53. The highest BCUT2D eigenvalue weighted by Crippen LogP contribution is 2.39. The predicted octanol–water partition coefficient (Wildman–Crippen LogP) is 6.55. The molecule has 0 aliphatic carbocycles. The quantitative estimate of drug-likeness (QED) is 0.486. The largest absolute Gasteiger partial charge is 0.298 e. The van der Waals surface area contributed by atoms with E-state index in [4.69, 9.17) is 11.6 Å². The lowest BCUT2D eigenvalue weighted by molar-refractivity contribution is -0.115. The molecule has 0 saturated carbocycles. The molecule has 1 heterocycles. The topological polar surface area (TPSA) is 20.3 Å². The van der Waals surface area contributed by atoms with E-state index in [0.717, 1.165) is 16.8 Å². The van der Waals surface area contributed by atoms with E-state index >= 15 is 0 Å². The molecule has 1 amide bonds. The van der Waals surface area contributed by atoms with Gasteiger partial charge in [0.15, 0.2) is 0 Å². The molecule has 1 aliphatic rings. The molecular formula is C25H22ClNO. The van der Waals surface area contributed by atoms with Gasteiger partial charge >= 0.3 is 0 Å². The molecule has 0 aromatic heterocycles. The summed E-state index contributed by atoms with van der Waals surface area (Å²) in [6, 6.07) is 27.8. The Bertz CT molecular complexity index is 997. The molecule has 0 radical (unpaired) electrons. The average molecular weight is 388 g/mol. The standard InChI is InChI=1S/C25H22ClNO/c1-18(19-9-4-2-5-10-19)15-21-17-24(20-11-8-12-22(26)16-20)27(25(21)28)23-13-6-3-7-14-23/h2-14,16-18,24H,15H2,1H3/t18-,24+/m0/s1. The Balaban J connectivity index is 1.69. The van der Waals surface area contributed by atoms with Gasteiger partial charge in [-0.05, 0) is 53.8 Å². The van der Waals surface area contributed by atoms with Crippen LogP contribution in [0, 0.1) is 0 Å². The van der Waals surface area contributed by atoms with E-state index < -0.39 is 0 Å². The van der Waals surface area contributed by atoms with Gasteiger partial charge in [0, 0.05) is 16.3 Å². The van der Waals surface area contributed by atoms with E-state index in [-0.39, 0.29) is 17.9 Å². The van der Waals surface area contributed by atoms with Crippen molar-refractivity contribution >= 4 is 23.2 Å². The first-order valence-corrected chi connectivity index (χ1v) is 9.91. The van der Waals surface area contributed by atoms with E-state index in [1.807, 2.05) is 77.7 Å². The number of nitrogens with zero attached hydrogens (tertiary/aromatic N) is 1. The minimum atomic E-state index is -0.147. The SMILES string of the molecule is C[C@@H](CC1=C[C@H](c2cccc(Cl)c2)N(c2ccccc2)C1=O)c1ccccc1. The predicted molar refractivity (Wildman–Crippen MR) is 116 cm³/mol. The van der Waals surface area contributed by atoms with Crippen molar-refractivity contribution in [2.75, 3.05) is 4.90 Å². The molecule has 4 rings (SSSR count). The first-order chi connectivity index (χ1) is 13.6. The molecular weight excluding hydrogens is 366 g/mol. The third-order valence-corrected chi connectivity index (χ3v) is 5.49. The average Bonchev–Trinajstić information content (AvgIpc) is 3.05. The molecule has 0 saturated heterocycles. The lowest BCUT2D eigenvalue weighted by Gasteiger charge is -2.25. The van der Waals surface area contributed by atoms with Gasteiger partial charge in [-0.3, -0.25) is 9.69 Å². The summed E-state index contributed by atoms with van der Waals surface area (Å²) in [5.41, 5.74) is 4.02. The molecule has 0 fully saturated rings. The van der Waals surface area contributed by atoms with Gasteiger partial charge < -0.3 is 0 Å². The fourth-order valence-electron chi connectivity index (χ4n) is 3.80. The van der Waals surface area contributed by atoms with E-state index in [1.165, 1.54) is 5.56 Å². The Kier molecular flexibility index (Phi) is 5.31. The number of anilines is 1. The Morgan fingerprint density at radius 1 is 0.929 bits per heavy atom. The summed E-state index contributed by atoms with van der Waals surface area (Å²) in [5, 5.41) is 0.678. The Labute approximate surface area is 171 Å². The number of carbonyl (C=O) groups excluding carboxylic acids is 1. The zero-order valence-corrected chi connectivity index (χ0v) is 16.5. The van der Waals surface area contributed by atoms with Crippen molar-refractivity contribution in [2.24, 2.45) is 0 Å². The molecule has 0 N–H and O–H groups in total. The number of halogens is 1. The van der Waals surface area contributed by atoms with Gasteiger partial charge in [0.25, 0.3) is 5.91 Å². The van der Waals surface area contributed by atoms with Gasteiger partial charge in [-0.15, -0.1) is 0 Å². The molecule has 3 aromatic rings. The fourth-order valence-corrected chi connectivity index (χ4v) is 4.00. The van der Waals surface area contributed by atoms with Crippen LogP contribution in [0.15, 0.2) is 96.6 Å². The Morgan fingerprint density at radius 2 is 1.61 bits per heavy atom. The molecule has 3 heteroatoms. The molecule has 2 atom stereocenters. The van der Waals surface area contributed by atoms with E-state index in [0.29, 0.717) is 11.4 Å². The van der Waals surface area contributed by atoms with Crippen LogP contribution in [-0.2, 0) is 4.79 Å². The second kappa shape index (κ2) is 8.04. The summed E-state index contributed by atoms with van der Waals surface area (Å²) in [6.45, 7) is 2.17. The monoisotopic (exact) mass is 387 g/mol. The van der Waals surface area contributed by atoms with Crippen molar-refractivity contribution in [2.45, 2.75) is 25.3 Å². The summed E-state index contributed by atoms with van der Waals surface area (Å²) in [7, 11) is 0. The third kappa shape index (κ3) is 3.74. The number of benzene rings is 3. The maximum absolute atomic E-state index is 13.4. The van der Waals surface area contributed by atoms with Crippen molar-refractivity contribution in [3.8, 4) is 0 Å². The minimum Gasteiger partial charge on any atom is -0.298 e. The van der Waals surface area contributed by atoms with Crippen LogP contribution in [0.5, 0.6) is 0 Å². The van der Waals surface area contributed by atoms with Crippen LogP contribution >= 0.6 is 11.6 Å². The van der Waals surface area contributed by atoms with Gasteiger partial charge in [-0.25, -0.2) is 0 Å². The van der Waals surface area contributed by atoms with Crippen LogP contribution in [0.4, 0.5) is 5.69 Å². The number of para-hydroxylation sites is 1. The Morgan fingerprint density at radius 3 is 2.29 bits per heavy atom. The van der Waals surface area contributed by atoms with Gasteiger partial charge in [0.2, 0.25) is 0 Å². The van der Waals surface area contributed by atoms with Crippen molar-refractivity contribution in [1.29, 1.82) is 0 Å². The van der Waals surface area contributed by atoms with Crippen LogP contribution in [-0.4, -0.2) is 5.91 Å². The lowest BCUT2D eigenvalue weighted by atomic mass is 9.93. The smallest absolute Gasteiger partial charge is 0.254 e. The Hall–Kier alpha value is -2.84. The van der Waals surface area contributed by atoms with E-state index in [2.05, 4.69) is 25.1 Å². The van der Waals surface area contributed by atoms with Gasteiger partial charge in [-0.2, -0.15) is 0 Å². The van der Waals surface area contributed by atoms with Gasteiger partial charge in [-0.1, -0.05) is 79.2 Å². The van der Waals surface area contributed by atoms with Crippen molar-refractivity contribution < 1.29 is 4.79 Å². The van der Waals surface area contributed by atoms with Crippen LogP contribution in [0.2, 0.25) is 5.02 Å². The van der Waals surface area contributed by atoms with Crippen molar-refractivity contribution in [1.82, 2.24) is 0 Å². The summed E-state index contributed by atoms with van der Waals surface area (Å²) >= 11 is 6.23. The second-order valence-electron chi connectivity index (χ2n) is 7.22. The second-order valence-corrected chi connectivity index (χ2v) is 7.65. The highest BCUT2D eigenvalue weighted by Gasteiger charge is 2.34. The maximum Gasteiger partial charge on any atom is 0.254 e. The maximum atomic E-state index is 13.4. The van der Waals surface area contributed by atoms with E-state index in [9.17, 15) is 4.79 Å². The summed E-state index contributed by atoms with van der Waals surface area (Å²) < 4.78 is 0. The zero-order valence-electron chi connectivity index (χ0n) is 15.8. The molecule has 140 valence electrons. The number of rotatable bonds is 5. The number of amides is 1. The molecule has 0 spiro atoms. The van der Waals surface area contributed by atoms with Crippen molar-refractivity contribution in [3.05, 3.63) is 113 Å². The van der Waals surface area contributed by atoms with Gasteiger partial charge in [0.05, 0.1) is 6.04 Å². The van der Waals surface area contributed by atoms with Crippen LogP contribution in [0.25, 0.3) is 0 Å².